The van der Waals surface area contributed by atoms with Crippen LogP contribution in [-0.2, 0) is 13.1 Å². The van der Waals surface area contributed by atoms with Gasteiger partial charge in [-0.1, -0.05) is 24.3 Å². The molecule has 0 saturated heterocycles. The third kappa shape index (κ3) is 2.84. The monoisotopic (exact) mass is 242 g/mol. The summed E-state index contributed by atoms with van der Waals surface area (Å²) in [5, 5.41) is 0. The molecule has 4 nitrogen and oxygen atoms in total. The molecule has 0 radical (unpaired) electrons. The van der Waals surface area contributed by atoms with E-state index in [1.165, 1.54) is 11.1 Å². The lowest BCUT2D eigenvalue weighted by Crippen LogP contribution is -2.20. The molecule has 2 rings (SSSR count). The molecule has 0 aliphatic carbocycles. The summed E-state index contributed by atoms with van der Waals surface area (Å²) in [5.41, 5.74) is 9.00. The van der Waals surface area contributed by atoms with Gasteiger partial charge in [-0.2, -0.15) is 0 Å². The summed E-state index contributed by atoms with van der Waals surface area (Å²) >= 11 is 0. The van der Waals surface area contributed by atoms with Gasteiger partial charge in [0.1, 0.15) is 0 Å². The molecule has 0 bridgehead atoms. The molecule has 0 aliphatic rings. The molecule has 1 aromatic heterocycles. The highest BCUT2D eigenvalue weighted by Crippen LogP contribution is 2.13. The predicted molar refractivity (Wildman–Crippen MR) is 73.2 cm³/mol. The number of anilines is 1. The van der Waals surface area contributed by atoms with Crippen molar-refractivity contribution in [3.63, 3.8) is 0 Å². The molecule has 0 unspecified atom stereocenters. The lowest BCUT2D eigenvalue weighted by molar-refractivity contribution is 0.841. The standard InChI is InChI=1S/C14H18N4/c1-11-5-3-4-6-12(11)10-18(2)14-16-8-7-13(9-15)17-14/h3-8H,9-10,15H2,1-2H3. The fraction of sp³-hybridized carbons (Fsp3) is 0.286. The minimum atomic E-state index is 0.438. The highest BCUT2D eigenvalue weighted by Gasteiger charge is 2.07. The van der Waals surface area contributed by atoms with Gasteiger partial charge < -0.3 is 10.6 Å². The van der Waals surface area contributed by atoms with Crippen LogP contribution in [0.25, 0.3) is 0 Å². The van der Waals surface area contributed by atoms with E-state index in [9.17, 15) is 0 Å². The van der Waals surface area contributed by atoms with E-state index >= 15 is 0 Å². The van der Waals surface area contributed by atoms with E-state index in [1.807, 2.05) is 30.1 Å². The van der Waals surface area contributed by atoms with Crippen LogP contribution < -0.4 is 10.6 Å². The molecule has 4 heteroatoms. The van der Waals surface area contributed by atoms with Crippen molar-refractivity contribution in [1.82, 2.24) is 9.97 Å². The van der Waals surface area contributed by atoms with Crippen LogP contribution in [0.1, 0.15) is 16.8 Å². The van der Waals surface area contributed by atoms with Crippen molar-refractivity contribution in [3.05, 3.63) is 53.3 Å². The van der Waals surface area contributed by atoms with E-state index in [0.29, 0.717) is 12.5 Å². The zero-order valence-electron chi connectivity index (χ0n) is 10.8. The Kier molecular flexibility index (Phi) is 3.89. The summed E-state index contributed by atoms with van der Waals surface area (Å²) in [5.74, 6) is 0.709. The van der Waals surface area contributed by atoms with Gasteiger partial charge >= 0.3 is 0 Å². The Morgan fingerprint density at radius 2 is 2.00 bits per heavy atom. The number of rotatable bonds is 4. The Hall–Kier alpha value is -1.94. The summed E-state index contributed by atoms with van der Waals surface area (Å²) in [4.78, 5) is 10.7. The maximum Gasteiger partial charge on any atom is 0.225 e. The molecule has 0 atom stereocenters. The van der Waals surface area contributed by atoms with Gasteiger partial charge in [-0.25, -0.2) is 9.97 Å². The molecule has 2 aromatic rings. The molecule has 18 heavy (non-hydrogen) atoms. The number of aryl methyl sites for hydroxylation is 1. The van der Waals surface area contributed by atoms with E-state index in [2.05, 4.69) is 29.0 Å². The Labute approximate surface area is 107 Å². The number of benzene rings is 1. The van der Waals surface area contributed by atoms with Crippen LogP contribution in [-0.4, -0.2) is 17.0 Å². The molecule has 1 aromatic carbocycles. The second-order valence-electron chi connectivity index (χ2n) is 4.33. The van der Waals surface area contributed by atoms with Crippen molar-refractivity contribution in [1.29, 1.82) is 0 Å². The summed E-state index contributed by atoms with van der Waals surface area (Å²) < 4.78 is 0. The van der Waals surface area contributed by atoms with E-state index < -0.39 is 0 Å². The van der Waals surface area contributed by atoms with Crippen molar-refractivity contribution >= 4 is 5.95 Å². The summed E-state index contributed by atoms with van der Waals surface area (Å²) in [6, 6.07) is 10.2. The van der Waals surface area contributed by atoms with Crippen LogP contribution in [0.2, 0.25) is 0 Å². The van der Waals surface area contributed by atoms with Crippen molar-refractivity contribution in [2.75, 3.05) is 11.9 Å². The van der Waals surface area contributed by atoms with Crippen molar-refractivity contribution < 1.29 is 0 Å². The van der Waals surface area contributed by atoms with Crippen LogP contribution in [0.4, 0.5) is 5.95 Å². The molecular weight excluding hydrogens is 224 g/mol. The number of hydrogen-bond acceptors (Lipinski definition) is 4. The number of nitrogens with two attached hydrogens (primary N) is 1. The van der Waals surface area contributed by atoms with Gasteiger partial charge in [0.2, 0.25) is 5.95 Å². The molecular formula is C14H18N4. The highest BCUT2D eigenvalue weighted by molar-refractivity contribution is 5.34. The SMILES string of the molecule is Cc1ccccc1CN(C)c1nccc(CN)n1. The van der Waals surface area contributed by atoms with Crippen molar-refractivity contribution in [2.45, 2.75) is 20.0 Å². The Bertz CT molecular complexity index is 525. The zero-order valence-corrected chi connectivity index (χ0v) is 10.8. The van der Waals surface area contributed by atoms with Gasteiger partial charge in [-0.05, 0) is 24.1 Å². The first kappa shape index (κ1) is 12.5. The molecule has 0 fully saturated rings. The maximum atomic E-state index is 5.59. The first-order chi connectivity index (χ1) is 8.70. The van der Waals surface area contributed by atoms with Crippen LogP contribution >= 0.6 is 0 Å². The first-order valence-corrected chi connectivity index (χ1v) is 5.98. The van der Waals surface area contributed by atoms with E-state index in [-0.39, 0.29) is 0 Å². The van der Waals surface area contributed by atoms with Crippen molar-refractivity contribution in [2.24, 2.45) is 5.73 Å². The average molecular weight is 242 g/mol. The summed E-state index contributed by atoms with van der Waals surface area (Å²) in [6.45, 7) is 3.34. The number of hydrogen-bond donors (Lipinski definition) is 1. The first-order valence-electron chi connectivity index (χ1n) is 5.98. The average Bonchev–Trinajstić information content (AvgIpc) is 2.41. The lowest BCUT2D eigenvalue weighted by Gasteiger charge is -2.18. The van der Waals surface area contributed by atoms with Crippen LogP contribution in [0.3, 0.4) is 0 Å². The summed E-state index contributed by atoms with van der Waals surface area (Å²) in [6.07, 6.45) is 1.75. The van der Waals surface area contributed by atoms with Gasteiger partial charge in [0.25, 0.3) is 0 Å². The quantitative estimate of drug-likeness (QED) is 0.889. The van der Waals surface area contributed by atoms with Gasteiger partial charge in [0, 0.05) is 26.3 Å². The van der Waals surface area contributed by atoms with Crippen molar-refractivity contribution in [3.8, 4) is 0 Å². The van der Waals surface area contributed by atoms with Crippen LogP contribution in [0, 0.1) is 6.92 Å². The smallest absolute Gasteiger partial charge is 0.225 e. The third-order valence-corrected chi connectivity index (χ3v) is 2.92. The Morgan fingerprint density at radius 3 is 2.72 bits per heavy atom. The molecule has 0 aliphatic heterocycles. The largest absolute Gasteiger partial charge is 0.340 e. The minimum Gasteiger partial charge on any atom is -0.340 e. The van der Waals surface area contributed by atoms with E-state index in [4.69, 9.17) is 5.73 Å². The highest BCUT2D eigenvalue weighted by atomic mass is 15.2. The molecule has 1 heterocycles. The van der Waals surface area contributed by atoms with Gasteiger partial charge in [-0.3, -0.25) is 0 Å². The van der Waals surface area contributed by atoms with Gasteiger partial charge in [-0.15, -0.1) is 0 Å². The van der Waals surface area contributed by atoms with E-state index in [0.717, 1.165) is 12.2 Å². The van der Waals surface area contributed by atoms with Crippen LogP contribution in [0.15, 0.2) is 36.5 Å². The lowest BCUT2D eigenvalue weighted by atomic mass is 10.1. The van der Waals surface area contributed by atoms with E-state index in [1.54, 1.807) is 6.20 Å². The Morgan fingerprint density at radius 1 is 1.22 bits per heavy atom. The molecule has 2 N–H and O–H groups in total. The van der Waals surface area contributed by atoms with Gasteiger partial charge in [0.05, 0.1) is 5.69 Å². The number of aromatic nitrogens is 2. The fourth-order valence-corrected chi connectivity index (χ4v) is 1.80. The van der Waals surface area contributed by atoms with Gasteiger partial charge in [0.15, 0.2) is 0 Å². The topological polar surface area (TPSA) is 55.0 Å². The van der Waals surface area contributed by atoms with Crippen LogP contribution in [0.5, 0.6) is 0 Å². The number of nitrogens with zero attached hydrogens (tertiary/aromatic N) is 3. The second kappa shape index (κ2) is 5.60. The zero-order chi connectivity index (χ0) is 13.0. The summed E-state index contributed by atoms with van der Waals surface area (Å²) in [7, 11) is 1.99. The molecule has 94 valence electrons. The predicted octanol–water partition coefficient (Wildman–Crippen LogP) is 1.88. The Balaban J connectivity index is 2.16. The molecule has 0 amide bonds. The fourth-order valence-electron chi connectivity index (χ4n) is 1.80. The minimum absolute atomic E-state index is 0.438. The third-order valence-electron chi connectivity index (χ3n) is 2.92. The molecule has 0 saturated carbocycles. The maximum absolute atomic E-state index is 5.59. The normalized spacial score (nSPS) is 10.4. The molecule has 0 spiro atoms. The second-order valence-corrected chi connectivity index (χ2v) is 4.33.